The van der Waals surface area contributed by atoms with Crippen LogP contribution in [0, 0.1) is 0 Å². The van der Waals surface area contributed by atoms with Crippen molar-refractivity contribution in [2.75, 3.05) is 19.7 Å². The first-order chi connectivity index (χ1) is 9.36. The van der Waals surface area contributed by atoms with Crippen molar-refractivity contribution in [1.29, 1.82) is 0 Å². The Hall–Kier alpha value is -0.0400. The van der Waals surface area contributed by atoms with Gasteiger partial charge in [-0.05, 0) is 24.6 Å². The van der Waals surface area contributed by atoms with Gasteiger partial charge in [0.1, 0.15) is 4.90 Å². The molecule has 1 heterocycles. The Bertz CT molecular complexity index is 606. The minimum Gasteiger partial charge on any atom is -0.376 e. The molecule has 1 atom stereocenters. The van der Waals surface area contributed by atoms with Gasteiger partial charge in [-0.25, -0.2) is 8.42 Å². The van der Waals surface area contributed by atoms with Crippen molar-refractivity contribution in [3.05, 3.63) is 27.7 Å². The lowest BCUT2D eigenvalue weighted by molar-refractivity contribution is 0.0102. The summed E-state index contributed by atoms with van der Waals surface area (Å²) in [7, 11) is -3.67. The summed E-state index contributed by atoms with van der Waals surface area (Å²) in [6.07, 6.45) is -0.142. The van der Waals surface area contributed by atoms with E-state index in [9.17, 15) is 8.42 Å². The SMILES string of the molecule is CC1CN(S(=O)(=O)c2cc(CCl)c(Cl)cc2Cl)CCO1. The van der Waals surface area contributed by atoms with Crippen LogP contribution in [0.5, 0.6) is 0 Å². The molecular formula is C12H14Cl3NO3S. The van der Waals surface area contributed by atoms with Gasteiger partial charge < -0.3 is 4.74 Å². The van der Waals surface area contributed by atoms with Crippen LogP contribution in [0.15, 0.2) is 17.0 Å². The molecule has 8 heteroatoms. The van der Waals surface area contributed by atoms with Gasteiger partial charge in [0.25, 0.3) is 0 Å². The van der Waals surface area contributed by atoms with Gasteiger partial charge in [0.2, 0.25) is 10.0 Å². The van der Waals surface area contributed by atoms with E-state index in [1.165, 1.54) is 16.4 Å². The number of hydrogen-bond acceptors (Lipinski definition) is 3. The smallest absolute Gasteiger partial charge is 0.244 e. The van der Waals surface area contributed by atoms with Gasteiger partial charge in [0, 0.05) is 24.0 Å². The highest BCUT2D eigenvalue weighted by Gasteiger charge is 2.31. The second kappa shape index (κ2) is 6.38. The summed E-state index contributed by atoms with van der Waals surface area (Å²) < 4.78 is 32.0. The Morgan fingerprint density at radius 3 is 2.65 bits per heavy atom. The molecule has 1 saturated heterocycles. The zero-order valence-corrected chi connectivity index (χ0v) is 13.9. The lowest BCUT2D eigenvalue weighted by Gasteiger charge is -2.30. The van der Waals surface area contributed by atoms with Crippen molar-refractivity contribution in [2.24, 2.45) is 0 Å². The highest BCUT2D eigenvalue weighted by Crippen LogP contribution is 2.31. The maximum atomic E-state index is 12.6. The summed E-state index contributed by atoms with van der Waals surface area (Å²) in [4.78, 5) is 0.0355. The molecule has 2 rings (SSSR count). The van der Waals surface area contributed by atoms with Gasteiger partial charge in [-0.1, -0.05) is 23.2 Å². The number of benzene rings is 1. The number of morpholine rings is 1. The standard InChI is InChI=1S/C12H14Cl3NO3S/c1-8-7-16(2-3-19-8)20(17,18)12-4-9(6-13)10(14)5-11(12)15/h4-5,8H,2-3,6-7H2,1H3. The first kappa shape index (κ1) is 16.3. The fraction of sp³-hybridized carbons (Fsp3) is 0.500. The summed E-state index contributed by atoms with van der Waals surface area (Å²) in [5.41, 5.74) is 0.539. The largest absolute Gasteiger partial charge is 0.376 e. The van der Waals surface area contributed by atoms with Gasteiger partial charge in [-0.2, -0.15) is 4.31 Å². The molecule has 0 spiro atoms. The number of rotatable bonds is 3. The van der Waals surface area contributed by atoms with E-state index in [0.29, 0.717) is 30.3 Å². The van der Waals surface area contributed by atoms with Crippen LogP contribution in [0.3, 0.4) is 0 Å². The Labute approximate surface area is 133 Å². The van der Waals surface area contributed by atoms with Crippen LogP contribution in [0.25, 0.3) is 0 Å². The summed E-state index contributed by atoms with van der Waals surface area (Å²) >= 11 is 17.8. The maximum absolute atomic E-state index is 12.6. The molecule has 112 valence electrons. The molecule has 0 N–H and O–H groups in total. The molecule has 4 nitrogen and oxygen atoms in total. The van der Waals surface area contributed by atoms with Gasteiger partial charge >= 0.3 is 0 Å². The Balaban J connectivity index is 2.43. The first-order valence-corrected chi connectivity index (χ1v) is 8.75. The number of nitrogens with zero attached hydrogens (tertiary/aromatic N) is 1. The normalized spacial score (nSPS) is 21.1. The van der Waals surface area contributed by atoms with Gasteiger partial charge in [-0.3, -0.25) is 0 Å². The van der Waals surface area contributed by atoms with Crippen LogP contribution in [0.4, 0.5) is 0 Å². The minimum atomic E-state index is -3.67. The quantitative estimate of drug-likeness (QED) is 0.780. The molecule has 0 aliphatic carbocycles. The summed E-state index contributed by atoms with van der Waals surface area (Å²) in [6, 6.07) is 2.85. The second-order valence-electron chi connectivity index (χ2n) is 4.55. The number of sulfonamides is 1. The van der Waals surface area contributed by atoms with E-state index in [4.69, 9.17) is 39.5 Å². The third-order valence-corrected chi connectivity index (χ3v) is 6.04. The van der Waals surface area contributed by atoms with Crippen LogP contribution in [-0.4, -0.2) is 38.5 Å². The number of alkyl halides is 1. The van der Waals surface area contributed by atoms with Crippen molar-refractivity contribution >= 4 is 44.8 Å². The number of hydrogen-bond donors (Lipinski definition) is 0. The van der Waals surface area contributed by atoms with Crippen molar-refractivity contribution in [3.63, 3.8) is 0 Å². The minimum absolute atomic E-state index is 0.0355. The average molecular weight is 359 g/mol. The van der Waals surface area contributed by atoms with E-state index in [2.05, 4.69) is 0 Å². The van der Waals surface area contributed by atoms with E-state index in [1.807, 2.05) is 6.92 Å². The van der Waals surface area contributed by atoms with E-state index >= 15 is 0 Å². The van der Waals surface area contributed by atoms with Gasteiger partial charge in [0.15, 0.2) is 0 Å². The predicted octanol–water partition coefficient (Wildman–Crippen LogP) is 3.14. The summed E-state index contributed by atoms with van der Waals surface area (Å²) in [5.74, 6) is 0.123. The lowest BCUT2D eigenvalue weighted by Crippen LogP contribution is -2.44. The zero-order valence-electron chi connectivity index (χ0n) is 10.8. The van der Waals surface area contributed by atoms with E-state index < -0.39 is 10.0 Å². The predicted molar refractivity (Wildman–Crippen MR) is 80.2 cm³/mol. The highest BCUT2D eigenvalue weighted by atomic mass is 35.5. The maximum Gasteiger partial charge on any atom is 0.244 e. The van der Waals surface area contributed by atoms with Crippen LogP contribution in [0.2, 0.25) is 10.0 Å². The number of halogens is 3. The molecule has 1 aromatic carbocycles. The summed E-state index contributed by atoms with van der Waals surface area (Å²) in [6.45, 7) is 2.81. The van der Waals surface area contributed by atoms with Crippen LogP contribution in [0.1, 0.15) is 12.5 Å². The third kappa shape index (κ3) is 3.24. The molecule has 1 unspecified atom stereocenters. The first-order valence-electron chi connectivity index (χ1n) is 6.02. The highest BCUT2D eigenvalue weighted by molar-refractivity contribution is 7.89. The van der Waals surface area contributed by atoms with Crippen LogP contribution < -0.4 is 0 Å². The molecule has 0 bridgehead atoms. The fourth-order valence-corrected chi connectivity index (χ4v) is 4.64. The molecule has 20 heavy (non-hydrogen) atoms. The van der Waals surface area contributed by atoms with Crippen LogP contribution >= 0.6 is 34.8 Å². The van der Waals surface area contributed by atoms with Crippen molar-refractivity contribution in [2.45, 2.75) is 23.8 Å². The third-order valence-electron chi connectivity index (χ3n) is 3.07. The molecule has 1 aromatic rings. The lowest BCUT2D eigenvalue weighted by atomic mass is 10.2. The Kier molecular flexibility index (Phi) is 5.21. The molecule has 0 aromatic heterocycles. The molecule has 0 radical (unpaired) electrons. The monoisotopic (exact) mass is 357 g/mol. The summed E-state index contributed by atoms with van der Waals surface area (Å²) in [5, 5.41) is 0.460. The topological polar surface area (TPSA) is 46.6 Å². The van der Waals surface area contributed by atoms with E-state index in [0.717, 1.165) is 0 Å². The number of ether oxygens (including phenoxy) is 1. The zero-order chi connectivity index (χ0) is 14.9. The van der Waals surface area contributed by atoms with E-state index in [1.54, 1.807) is 0 Å². The van der Waals surface area contributed by atoms with Gasteiger partial charge in [0.05, 0.1) is 17.7 Å². The second-order valence-corrected chi connectivity index (χ2v) is 7.54. The molecule has 1 aliphatic heterocycles. The van der Waals surface area contributed by atoms with Crippen molar-refractivity contribution in [3.8, 4) is 0 Å². The van der Waals surface area contributed by atoms with Crippen LogP contribution in [-0.2, 0) is 20.6 Å². The Morgan fingerprint density at radius 2 is 2.05 bits per heavy atom. The molecule has 0 amide bonds. The Morgan fingerprint density at radius 1 is 1.35 bits per heavy atom. The van der Waals surface area contributed by atoms with Crippen molar-refractivity contribution < 1.29 is 13.2 Å². The fourth-order valence-electron chi connectivity index (χ4n) is 2.02. The molecule has 1 fully saturated rings. The van der Waals surface area contributed by atoms with Crippen molar-refractivity contribution in [1.82, 2.24) is 4.31 Å². The average Bonchev–Trinajstić information content (AvgIpc) is 2.38. The molecule has 1 aliphatic rings. The molecular weight excluding hydrogens is 345 g/mol. The van der Waals surface area contributed by atoms with Gasteiger partial charge in [-0.15, -0.1) is 11.6 Å². The molecule has 0 saturated carbocycles. The van der Waals surface area contributed by atoms with E-state index in [-0.39, 0.29) is 21.9 Å².